The Hall–Kier alpha value is -0.452. The van der Waals surface area contributed by atoms with Crippen molar-refractivity contribution in [2.24, 2.45) is 0 Å². The van der Waals surface area contributed by atoms with Crippen molar-refractivity contribution in [2.45, 2.75) is 71.5 Å². The van der Waals surface area contributed by atoms with E-state index in [-0.39, 0.29) is 15.7 Å². The fourth-order valence-electron chi connectivity index (χ4n) is 2.30. The summed E-state index contributed by atoms with van der Waals surface area (Å²) in [5, 5.41) is 0. The van der Waals surface area contributed by atoms with E-state index in [1.54, 1.807) is 0 Å². The van der Waals surface area contributed by atoms with E-state index in [1.165, 1.54) is 11.1 Å². The van der Waals surface area contributed by atoms with Crippen LogP contribution in [-0.4, -0.2) is 42.6 Å². The summed E-state index contributed by atoms with van der Waals surface area (Å²) >= 11 is 0. The van der Waals surface area contributed by atoms with Crippen molar-refractivity contribution in [3.05, 3.63) is 35.4 Å². The van der Waals surface area contributed by atoms with E-state index in [1.807, 2.05) is 12.1 Å². The average molecular weight is 422 g/mol. The molecule has 3 nitrogen and oxygen atoms in total. The van der Waals surface area contributed by atoms with Gasteiger partial charge in [-0.05, 0) is 71.2 Å². The molecule has 0 unspecified atom stereocenters. The number of rotatable bonds is 10. The topological polar surface area (TPSA) is 27.7 Å². The summed E-state index contributed by atoms with van der Waals surface area (Å²) in [5.74, 6) is 0.619. The van der Waals surface area contributed by atoms with E-state index in [0.717, 1.165) is 23.8 Å². The molecule has 1 aromatic rings. The maximum atomic E-state index is 6.24. The first-order chi connectivity index (χ1) is 11.9. The Morgan fingerprint density at radius 2 is 1.54 bits per heavy atom. The molecule has 0 saturated heterocycles. The highest BCUT2D eigenvalue weighted by molar-refractivity contribution is 6.71. The molecule has 143 valence electrons. The Kier molecular flexibility index (Phi) is 9.24. The van der Waals surface area contributed by atoms with Crippen LogP contribution in [0.5, 0.6) is 5.75 Å². The maximum absolute atomic E-state index is 6.24. The van der Waals surface area contributed by atoms with Crippen molar-refractivity contribution in [1.82, 2.24) is 0 Å². The van der Waals surface area contributed by atoms with Gasteiger partial charge in [0.1, 0.15) is 5.75 Å². The van der Waals surface area contributed by atoms with Gasteiger partial charge in [0.2, 0.25) is 0 Å². The quantitative estimate of drug-likeness (QED) is 0.372. The predicted octanol–water partition coefficient (Wildman–Crippen LogP) is 5.44. The van der Waals surface area contributed by atoms with Crippen LogP contribution in [0.3, 0.4) is 0 Å². The minimum Gasteiger partial charge on any atom is -0.535 e. The van der Waals surface area contributed by atoms with Gasteiger partial charge in [-0.15, -0.1) is 0 Å². The second kappa shape index (κ2) is 10.2. The van der Waals surface area contributed by atoms with Crippen LogP contribution in [0.1, 0.15) is 25.8 Å². The highest BCUT2D eigenvalue weighted by Gasteiger charge is 2.29. The van der Waals surface area contributed by atoms with Gasteiger partial charge in [-0.1, -0.05) is 29.8 Å². The van der Waals surface area contributed by atoms with E-state index >= 15 is 0 Å². The van der Waals surface area contributed by atoms with Crippen LogP contribution >= 0.6 is 0 Å². The van der Waals surface area contributed by atoms with Gasteiger partial charge < -0.3 is 13.3 Å². The van der Waals surface area contributed by atoms with Crippen LogP contribution in [0.15, 0.2) is 29.8 Å². The molecule has 0 saturated carbocycles. The monoisotopic (exact) mass is 421 g/mol. The number of hydrogen-bond acceptors (Lipinski definition) is 3. The third-order valence-electron chi connectivity index (χ3n) is 3.62. The first kappa shape index (κ1) is 23.6. The van der Waals surface area contributed by atoms with Crippen molar-refractivity contribution < 1.29 is 13.3 Å². The molecule has 0 aliphatic heterocycles. The Bertz CT molecular complexity index is 588. The molecular formula is C19H33O3Si4. The Morgan fingerprint density at radius 3 is 2.04 bits per heavy atom. The molecule has 1 aromatic carbocycles. The molecule has 5 radical (unpaired) electrons. The molecule has 0 aromatic heterocycles. The number of benzene rings is 1. The Balaban J connectivity index is 2.98. The predicted molar refractivity (Wildman–Crippen MR) is 119 cm³/mol. The normalized spacial score (nSPS) is 13.8. The van der Waals surface area contributed by atoms with Gasteiger partial charge in [0.05, 0.1) is 0 Å². The van der Waals surface area contributed by atoms with Crippen LogP contribution in [-0.2, 0) is 8.85 Å². The molecule has 7 heteroatoms. The second-order valence-corrected chi connectivity index (χ2v) is 18.7. The standard InChI is InChI=1S/C19H33O3Si4/c1-15(13-14-23)16(2)17-11-9-10-12-18(17)20-24-19(21-25(3,4)5)22-26(6,7)8/h9-12,19H,13-14H2,1-8H3. The fourth-order valence-corrected chi connectivity index (χ4v) is 7.06. The van der Waals surface area contributed by atoms with Gasteiger partial charge in [0.15, 0.2) is 22.5 Å². The molecular weight excluding hydrogens is 389 g/mol. The van der Waals surface area contributed by atoms with Crippen molar-refractivity contribution in [3.63, 3.8) is 0 Å². The summed E-state index contributed by atoms with van der Waals surface area (Å²) in [5.41, 5.74) is 3.79. The lowest BCUT2D eigenvalue weighted by Crippen LogP contribution is -2.44. The molecule has 26 heavy (non-hydrogen) atoms. The lowest BCUT2D eigenvalue weighted by Gasteiger charge is -2.30. The molecule has 0 fully saturated rings. The summed E-state index contributed by atoms with van der Waals surface area (Å²) in [6.07, 6.45) is 1.03. The minimum atomic E-state index is -1.71. The van der Waals surface area contributed by atoms with Gasteiger partial charge in [0, 0.05) is 15.8 Å². The third kappa shape index (κ3) is 8.96. The van der Waals surface area contributed by atoms with E-state index in [4.69, 9.17) is 13.3 Å². The number of allylic oxidation sites excluding steroid dienone is 2. The lowest BCUT2D eigenvalue weighted by molar-refractivity contribution is 0.0531. The summed E-state index contributed by atoms with van der Waals surface area (Å²) < 4.78 is 18.7. The molecule has 0 aliphatic carbocycles. The maximum Gasteiger partial charge on any atom is 0.374 e. The van der Waals surface area contributed by atoms with E-state index in [2.05, 4.69) is 75.5 Å². The summed E-state index contributed by atoms with van der Waals surface area (Å²) in [6, 6.07) is 9.20. The van der Waals surface area contributed by atoms with Crippen molar-refractivity contribution >= 4 is 42.2 Å². The third-order valence-corrected chi connectivity index (χ3v) is 6.95. The smallest absolute Gasteiger partial charge is 0.374 e. The second-order valence-electron chi connectivity index (χ2n) is 8.41. The van der Waals surface area contributed by atoms with Gasteiger partial charge in [-0.25, -0.2) is 0 Å². The van der Waals surface area contributed by atoms with Crippen LogP contribution in [0.25, 0.3) is 5.57 Å². The highest BCUT2D eigenvalue weighted by Crippen LogP contribution is 2.29. The van der Waals surface area contributed by atoms with Gasteiger partial charge in [-0.3, -0.25) is 0 Å². The van der Waals surface area contributed by atoms with E-state index in [9.17, 15) is 0 Å². The zero-order valence-electron chi connectivity index (χ0n) is 17.5. The van der Waals surface area contributed by atoms with Crippen LogP contribution in [0.4, 0.5) is 0 Å². The van der Waals surface area contributed by atoms with Gasteiger partial charge in [-0.2, -0.15) is 0 Å². The first-order valence-electron chi connectivity index (χ1n) is 9.11. The summed E-state index contributed by atoms with van der Waals surface area (Å²) in [6.45, 7) is 17.4. The Labute approximate surface area is 168 Å². The molecule has 1 rings (SSSR count). The molecule has 0 aliphatic rings. The van der Waals surface area contributed by atoms with Crippen LogP contribution in [0, 0.1) is 0 Å². The zero-order valence-corrected chi connectivity index (χ0v) is 21.5. The summed E-state index contributed by atoms with van der Waals surface area (Å²) in [4.78, 5) is 0. The van der Waals surface area contributed by atoms with Crippen molar-refractivity contribution in [3.8, 4) is 5.75 Å². The first-order valence-corrected chi connectivity index (χ1v) is 17.6. The van der Waals surface area contributed by atoms with Gasteiger partial charge in [0.25, 0.3) is 0 Å². The van der Waals surface area contributed by atoms with E-state index in [0.29, 0.717) is 0 Å². The number of hydrogen-bond donors (Lipinski definition) is 0. The van der Waals surface area contributed by atoms with Crippen molar-refractivity contribution in [1.29, 1.82) is 0 Å². The fraction of sp³-hybridized carbons (Fsp3) is 0.579. The lowest BCUT2D eigenvalue weighted by atomic mass is 10.0. The van der Waals surface area contributed by atoms with Crippen molar-refractivity contribution in [2.75, 3.05) is 0 Å². The number of para-hydroxylation sites is 1. The largest absolute Gasteiger partial charge is 0.535 e. The molecule has 0 spiro atoms. The average Bonchev–Trinajstić information content (AvgIpc) is 2.49. The molecule has 0 N–H and O–H groups in total. The van der Waals surface area contributed by atoms with Gasteiger partial charge >= 0.3 is 9.76 Å². The Morgan fingerprint density at radius 1 is 1.00 bits per heavy atom. The SMILES string of the molecule is CC(CC[Si])=C(C)c1ccccc1O[Si]C(O[Si](C)(C)C)O[Si](C)(C)C. The van der Waals surface area contributed by atoms with Crippen LogP contribution in [0.2, 0.25) is 45.3 Å². The van der Waals surface area contributed by atoms with E-state index < -0.39 is 16.6 Å². The minimum absolute atomic E-state index is 0.124. The van der Waals surface area contributed by atoms with Crippen LogP contribution < -0.4 is 4.43 Å². The molecule has 0 bridgehead atoms. The highest BCUT2D eigenvalue weighted by atomic mass is 28.4. The zero-order chi connectivity index (χ0) is 20.0. The molecule has 0 heterocycles. The summed E-state index contributed by atoms with van der Waals surface area (Å²) in [7, 11) is 0.273. The molecule has 0 atom stereocenters. The molecule has 0 amide bonds.